The summed E-state index contributed by atoms with van der Waals surface area (Å²) >= 11 is 0. The summed E-state index contributed by atoms with van der Waals surface area (Å²) in [4.78, 5) is 4.67. The highest BCUT2D eigenvalue weighted by atomic mass is 16.5. The zero-order chi connectivity index (χ0) is 18.0. The highest BCUT2D eigenvalue weighted by molar-refractivity contribution is 5.92. The van der Waals surface area contributed by atoms with E-state index in [2.05, 4.69) is 36.2 Å². The molecule has 134 valence electrons. The van der Waals surface area contributed by atoms with Crippen LogP contribution in [0.15, 0.2) is 47.7 Å². The van der Waals surface area contributed by atoms with Gasteiger partial charge in [0.2, 0.25) is 0 Å². The van der Waals surface area contributed by atoms with Gasteiger partial charge in [-0.15, -0.1) is 0 Å². The van der Waals surface area contributed by atoms with Crippen molar-refractivity contribution in [2.24, 2.45) is 10.7 Å². The number of nitrogens with zero attached hydrogens (tertiary/aromatic N) is 3. The van der Waals surface area contributed by atoms with Crippen molar-refractivity contribution < 1.29 is 4.74 Å². The van der Waals surface area contributed by atoms with Gasteiger partial charge in [0, 0.05) is 24.5 Å². The maximum absolute atomic E-state index is 6.16. The van der Waals surface area contributed by atoms with Crippen LogP contribution in [0, 0.1) is 6.92 Å². The number of hydrogen-bond acceptors (Lipinski definition) is 3. The first-order chi connectivity index (χ1) is 11.8. The third kappa shape index (κ3) is 4.39. The molecule has 1 aliphatic rings. The predicted octanol–water partition coefficient (Wildman–Crippen LogP) is 3.12. The molecule has 0 spiro atoms. The summed E-state index contributed by atoms with van der Waals surface area (Å²) in [6.45, 7) is 8.25. The summed E-state index contributed by atoms with van der Waals surface area (Å²) in [5.74, 6) is 0.418. The fraction of sp³-hybridized carbons (Fsp3) is 0.474. The zero-order valence-corrected chi connectivity index (χ0v) is 15.3. The van der Waals surface area contributed by atoms with Gasteiger partial charge in [0.25, 0.3) is 0 Å². The molecule has 0 bridgehead atoms. The molecular formula is C19H27N5O. The van der Waals surface area contributed by atoms with E-state index in [4.69, 9.17) is 10.5 Å². The van der Waals surface area contributed by atoms with Crippen LogP contribution in [-0.2, 0) is 4.74 Å². The Balaban J connectivity index is 1.72. The molecule has 3 atom stereocenters. The lowest BCUT2D eigenvalue weighted by molar-refractivity contribution is -0.128. The minimum Gasteiger partial charge on any atom is -0.370 e. The van der Waals surface area contributed by atoms with Gasteiger partial charge in [0.05, 0.1) is 17.7 Å². The van der Waals surface area contributed by atoms with Crippen molar-refractivity contribution in [2.75, 3.05) is 5.32 Å². The summed E-state index contributed by atoms with van der Waals surface area (Å²) in [7, 11) is 0. The van der Waals surface area contributed by atoms with Crippen molar-refractivity contribution in [3.05, 3.63) is 48.3 Å². The van der Waals surface area contributed by atoms with Gasteiger partial charge >= 0.3 is 0 Å². The van der Waals surface area contributed by atoms with Crippen molar-refractivity contribution in [1.82, 2.24) is 9.78 Å². The molecule has 2 aromatic rings. The van der Waals surface area contributed by atoms with Crippen LogP contribution < -0.4 is 11.1 Å². The second-order valence-electron chi connectivity index (χ2n) is 7.56. The number of nitrogens with one attached hydrogen (secondary N) is 1. The SMILES string of the molecule is Cc1cccc(NC(N)=NC2CC(OC(C)(C)C)C2n2cccn2)c1. The van der Waals surface area contributed by atoms with E-state index in [9.17, 15) is 0 Å². The average molecular weight is 341 g/mol. The molecule has 0 amide bonds. The van der Waals surface area contributed by atoms with Crippen molar-refractivity contribution in [3.8, 4) is 0 Å². The fourth-order valence-corrected chi connectivity index (χ4v) is 3.16. The lowest BCUT2D eigenvalue weighted by Crippen LogP contribution is -2.51. The molecule has 0 saturated heterocycles. The van der Waals surface area contributed by atoms with Gasteiger partial charge in [0.15, 0.2) is 5.96 Å². The number of aromatic nitrogens is 2. The molecule has 1 heterocycles. The Labute approximate surface area is 149 Å². The smallest absolute Gasteiger partial charge is 0.193 e. The second-order valence-corrected chi connectivity index (χ2v) is 7.56. The average Bonchev–Trinajstić information content (AvgIpc) is 2.98. The monoisotopic (exact) mass is 341 g/mol. The van der Waals surface area contributed by atoms with Crippen LogP contribution in [0.25, 0.3) is 0 Å². The molecule has 1 aromatic heterocycles. The molecule has 3 N–H and O–H groups in total. The molecule has 1 saturated carbocycles. The van der Waals surface area contributed by atoms with E-state index in [1.54, 1.807) is 6.20 Å². The number of guanidine groups is 1. The van der Waals surface area contributed by atoms with E-state index in [0.717, 1.165) is 12.1 Å². The Morgan fingerprint density at radius 2 is 2.16 bits per heavy atom. The van der Waals surface area contributed by atoms with E-state index in [-0.39, 0.29) is 23.8 Å². The topological polar surface area (TPSA) is 77.5 Å². The van der Waals surface area contributed by atoms with E-state index >= 15 is 0 Å². The molecule has 0 aliphatic heterocycles. The van der Waals surface area contributed by atoms with Crippen molar-refractivity contribution in [2.45, 2.75) is 57.9 Å². The van der Waals surface area contributed by atoms with Crippen LogP contribution in [0.2, 0.25) is 0 Å². The largest absolute Gasteiger partial charge is 0.370 e. The maximum atomic E-state index is 6.16. The summed E-state index contributed by atoms with van der Waals surface area (Å²) in [5, 5.41) is 7.55. The third-order valence-corrected chi connectivity index (χ3v) is 4.18. The summed E-state index contributed by atoms with van der Waals surface area (Å²) in [5.41, 5.74) is 8.04. The zero-order valence-electron chi connectivity index (χ0n) is 15.3. The van der Waals surface area contributed by atoms with E-state index in [1.807, 2.05) is 48.1 Å². The van der Waals surface area contributed by atoms with Crippen LogP contribution >= 0.6 is 0 Å². The number of aryl methyl sites for hydroxylation is 1. The van der Waals surface area contributed by atoms with Crippen LogP contribution in [0.3, 0.4) is 0 Å². The third-order valence-electron chi connectivity index (χ3n) is 4.18. The van der Waals surface area contributed by atoms with Gasteiger partial charge in [-0.2, -0.15) is 5.10 Å². The number of aliphatic imine (C=N–C) groups is 1. The van der Waals surface area contributed by atoms with E-state index in [1.165, 1.54) is 5.56 Å². The normalized spacial score (nSPS) is 24.0. The molecule has 6 heteroatoms. The van der Waals surface area contributed by atoms with Gasteiger partial charge < -0.3 is 15.8 Å². The Hall–Kier alpha value is -2.34. The van der Waals surface area contributed by atoms with Crippen molar-refractivity contribution >= 4 is 11.6 Å². The number of anilines is 1. The predicted molar refractivity (Wildman–Crippen MR) is 101 cm³/mol. The van der Waals surface area contributed by atoms with Crippen LogP contribution in [0.1, 0.15) is 38.8 Å². The minimum absolute atomic E-state index is 0.0459. The molecule has 3 rings (SSSR count). The molecule has 1 fully saturated rings. The Morgan fingerprint density at radius 1 is 1.36 bits per heavy atom. The van der Waals surface area contributed by atoms with E-state index < -0.39 is 0 Å². The number of hydrogen-bond donors (Lipinski definition) is 2. The molecule has 6 nitrogen and oxygen atoms in total. The summed E-state index contributed by atoms with van der Waals surface area (Å²) < 4.78 is 8.09. The van der Waals surface area contributed by atoms with Gasteiger partial charge in [-0.25, -0.2) is 4.99 Å². The quantitative estimate of drug-likeness (QED) is 0.662. The Kier molecular flexibility index (Phi) is 4.81. The lowest BCUT2D eigenvalue weighted by atomic mass is 9.82. The molecular weight excluding hydrogens is 314 g/mol. The summed E-state index contributed by atoms with van der Waals surface area (Å²) in [6.07, 6.45) is 4.65. The first-order valence-corrected chi connectivity index (χ1v) is 8.66. The lowest BCUT2D eigenvalue weighted by Gasteiger charge is -2.45. The molecule has 25 heavy (non-hydrogen) atoms. The second kappa shape index (κ2) is 6.88. The number of rotatable bonds is 4. The van der Waals surface area contributed by atoms with Gasteiger partial charge in [0.1, 0.15) is 6.04 Å². The highest BCUT2D eigenvalue weighted by Gasteiger charge is 2.45. The van der Waals surface area contributed by atoms with Crippen molar-refractivity contribution in [1.29, 1.82) is 0 Å². The number of benzene rings is 1. The molecule has 3 unspecified atom stereocenters. The highest BCUT2D eigenvalue weighted by Crippen LogP contribution is 2.39. The van der Waals surface area contributed by atoms with Crippen LogP contribution in [0.5, 0.6) is 0 Å². The first kappa shape index (κ1) is 17.5. The fourth-order valence-electron chi connectivity index (χ4n) is 3.16. The molecule has 0 radical (unpaired) electrons. The van der Waals surface area contributed by atoms with Crippen LogP contribution in [0.4, 0.5) is 5.69 Å². The van der Waals surface area contributed by atoms with Gasteiger partial charge in [-0.05, 0) is 51.5 Å². The maximum Gasteiger partial charge on any atom is 0.193 e. The minimum atomic E-state index is -0.198. The van der Waals surface area contributed by atoms with Crippen molar-refractivity contribution in [3.63, 3.8) is 0 Å². The number of nitrogens with two attached hydrogens (primary N) is 1. The first-order valence-electron chi connectivity index (χ1n) is 8.66. The standard InChI is InChI=1S/C19H27N5O/c1-13-7-5-8-14(11-13)22-18(20)23-15-12-16(25-19(2,3)4)17(15)24-10-6-9-21-24/h5-11,15-17H,12H2,1-4H3,(H3,20,22,23). The Morgan fingerprint density at radius 3 is 2.80 bits per heavy atom. The Bertz CT molecular complexity index is 733. The molecule has 1 aliphatic carbocycles. The van der Waals surface area contributed by atoms with Gasteiger partial charge in [-0.3, -0.25) is 4.68 Å². The van der Waals surface area contributed by atoms with Gasteiger partial charge in [-0.1, -0.05) is 12.1 Å². The van der Waals surface area contributed by atoms with Crippen LogP contribution in [-0.4, -0.2) is 33.5 Å². The van der Waals surface area contributed by atoms with E-state index in [0.29, 0.717) is 5.96 Å². The molecule has 1 aromatic carbocycles. The summed E-state index contributed by atoms with van der Waals surface area (Å²) in [6, 6.07) is 10.1. The number of ether oxygens (including phenoxy) is 1.